The van der Waals surface area contributed by atoms with Crippen LogP contribution in [-0.4, -0.2) is 33.2 Å². The number of anilines is 1. The second kappa shape index (κ2) is 8.68. The zero-order valence-corrected chi connectivity index (χ0v) is 17.5. The second-order valence-corrected chi connectivity index (χ2v) is 8.46. The Morgan fingerprint density at radius 3 is 2.84 bits per heavy atom. The Morgan fingerprint density at radius 2 is 2.00 bits per heavy atom. The van der Waals surface area contributed by atoms with Gasteiger partial charge in [0.1, 0.15) is 5.56 Å². The lowest BCUT2D eigenvalue weighted by Crippen LogP contribution is -2.38. The predicted molar refractivity (Wildman–Crippen MR) is 120 cm³/mol. The quantitative estimate of drug-likeness (QED) is 0.585. The Bertz CT molecular complexity index is 1180. The van der Waals surface area contributed by atoms with Crippen LogP contribution in [0.25, 0.3) is 11.1 Å². The predicted octanol–water partition coefficient (Wildman–Crippen LogP) is 3.68. The summed E-state index contributed by atoms with van der Waals surface area (Å²) >= 11 is 0. The van der Waals surface area contributed by atoms with Crippen LogP contribution in [0.4, 0.5) is 5.69 Å². The Labute approximate surface area is 185 Å². The van der Waals surface area contributed by atoms with Crippen LogP contribution in [0, 0.1) is 5.92 Å². The molecule has 1 saturated heterocycles. The minimum Gasteiger partial charge on any atom is -0.393 e. The zero-order valence-electron chi connectivity index (χ0n) is 17.5. The molecule has 1 saturated carbocycles. The highest BCUT2D eigenvalue weighted by Crippen LogP contribution is 2.43. The number of amides is 1. The fourth-order valence-electron chi connectivity index (χ4n) is 4.89. The second-order valence-electron chi connectivity index (χ2n) is 8.46. The minimum atomic E-state index is -0.520. The molecule has 0 bridgehead atoms. The van der Waals surface area contributed by atoms with Gasteiger partial charge in [-0.15, -0.1) is 0 Å². The van der Waals surface area contributed by atoms with E-state index < -0.39 is 12.0 Å². The third-order valence-electron chi connectivity index (χ3n) is 6.52. The molecule has 7 nitrogen and oxygen atoms in total. The van der Waals surface area contributed by atoms with Gasteiger partial charge in [0, 0.05) is 42.1 Å². The van der Waals surface area contributed by atoms with Crippen molar-refractivity contribution in [1.82, 2.24) is 9.97 Å². The van der Waals surface area contributed by atoms with Crippen LogP contribution < -0.4 is 10.7 Å². The van der Waals surface area contributed by atoms with E-state index in [0.29, 0.717) is 17.7 Å². The number of aromatic nitrogens is 2. The molecule has 0 spiro atoms. The van der Waals surface area contributed by atoms with Gasteiger partial charge in [-0.1, -0.05) is 36.8 Å². The van der Waals surface area contributed by atoms with E-state index in [4.69, 9.17) is 4.74 Å². The van der Waals surface area contributed by atoms with Crippen molar-refractivity contribution in [3.63, 3.8) is 0 Å². The third kappa shape index (κ3) is 3.85. The zero-order chi connectivity index (χ0) is 22.1. The molecule has 1 aromatic carbocycles. The molecular formula is C25H25N3O4. The molecule has 2 aromatic heterocycles. The highest BCUT2D eigenvalue weighted by Gasteiger charge is 2.41. The Hall–Kier alpha value is -3.29. The van der Waals surface area contributed by atoms with Crippen molar-refractivity contribution < 1.29 is 14.6 Å². The van der Waals surface area contributed by atoms with Crippen molar-refractivity contribution in [3.8, 4) is 11.1 Å². The number of ether oxygens (including phenoxy) is 1. The van der Waals surface area contributed by atoms with E-state index in [1.54, 1.807) is 24.7 Å². The monoisotopic (exact) mass is 431 g/mol. The van der Waals surface area contributed by atoms with Crippen molar-refractivity contribution in [2.24, 2.45) is 5.92 Å². The number of carbonyl (C=O) groups excluding carboxylic acids is 1. The largest absolute Gasteiger partial charge is 0.393 e. The maximum Gasteiger partial charge on any atom is 0.261 e. The topological polar surface area (TPSA) is 104 Å². The SMILES string of the molecule is O=C(Nc1cnccc1[C@H]1C[C@@H](O)[C@H]2CCC[C@H]2O1)c1c[nH]cc(-c2ccccc2)c1=O. The van der Waals surface area contributed by atoms with Gasteiger partial charge in [0.2, 0.25) is 5.43 Å². The Morgan fingerprint density at radius 1 is 1.16 bits per heavy atom. The van der Waals surface area contributed by atoms with E-state index >= 15 is 0 Å². The summed E-state index contributed by atoms with van der Waals surface area (Å²) in [4.78, 5) is 33.1. The van der Waals surface area contributed by atoms with Gasteiger partial charge in [0.25, 0.3) is 5.91 Å². The van der Waals surface area contributed by atoms with Gasteiger partial charge < -0.3 is 20.1 Å². The van der Waals surface area contributed by atoms with Gasteiger partial charge >= 0.3 is 0 Å². The van der Waals surface area contributed by atoms with Crippen molar-refractivity contribution in [1.29, 1.82) is 0 Å². The summed E-state index contributed by atoms with van der Waals surface area (Å²) in [7, 11) is 0. The number of pyridine rings is 2. The van der Waals surface area contributed by atoms with Crippen LogP contribution in [-0.2, 0) is 4.74 Å². The molecule has 1 aliphatic heterocycles. The first kappa shape index (κ1) is 20.6. The lowest BCUT2D eigenvalue weighted by atomic mass is 9.88. The van der Waals surface area contributed by atoms with Gasteiger partial charge in [-0.2, -0.15) is 0 Å². The lowest BCUT2D eigenvalue weighted by Gasteiger charge is -2.37. The first-order valence-corrected chi connectivity index (χ1v) is 11.0. The molecule has 3 aromatic rings. The summed E-state index contributed by atoms with van der Waals surface area (Å²) in [5, 5.41) is 13.4. The first-order chi connectivity index (χ1) is 15.6. The molecular weight excluding hydrogens is 406 g/mol. The summed E-state index contributed by atoms with van der Waals surface area (Å²) in [6, 6.07) is 11.0. The fourth-order valence-corrected chi connectivity index (χ4v) is 4.89. The Balaban J connectivity index is 1.41. The van der Waals surface area contributed by atoms with E-state index in [0.717, 1.165) is 30.4 Å². The van der Waals surface area contributed by atoms with E-state index in [2.05, 4.69) is 15.3 Å². The van der Waals surface area contributed by atoms with E-state index in [9.17, 15) is 14.7 Å². The number of carbonyl (C=O) groups is 1. The number of benzene rings is 1. The van der Waals surface area contributed by atoms with Crippen molar-refractivity contribution >= 4 is 11.6 Å². The maximum absolute atomic E-state index is 13.1. The molecule has 4 atom stereocenters. The Kier molecular flexibility index (Phi) is 5.59. The van der Waals surface area contributed by atoms with Crippen molar-refractivity contribution in [3.05, 3.63) is 82.5 Å². The summed E-state index contributed by atoms with van der Waals surface area (Å²) in [5.41, 5.74) is 2.07. The summed E-state index contributed by atoms with van der Waals surface area (Å²) in [5.74, 6) is -0.334. The highest BCUT2D eigenvalue weighted by molar-refractivity contribution is 6.05. The summed E-state index contributed by atoms with van der Waals surface area (Å²) in [6.45, 7) is 0. The number of hydrogen-bond acceptors (Lipinski definition) is 5. The smallest absolute Gasteiger partial charge is 0.261 e. The van der Waals surface area contributed by atoms with Gasteiger partial charge in [0.05, 0.1) is 30.2 Å². The number of aromatic amines is 1. The van der Waals surface area contributed by atoms with E-state index in [-0.39, 0.29) is 29.1 Å². The van der Waals surface area contributed by atoms with Gasteiger partial charge in [-0.05, 0) is 24.5 Å². The van der Waals surface area contributed by atoms with E-state index in [1.165, 1.54) is 6.20 Å². The highest BCUT2D eigenvalue weighted by atomic mass is 16.5. The number of nitrogens with one attached hydrogen (secondary N) is 2. The number of rotatable bonds is 4. The summed E-state index contributed by atoms with van der Waals surface area (Å²) in [6.07, 6.45) is 8.92. The molecule has 3 N–H and O–H groups in total. The molecule has 3 heterocycles. The van der Waals surface area contributed by atoms with Crippen LogP contribution in [0.2, 0.25) is 0 Å². The molecule has 0 radical (unpaired) electrons. The molecule has 2 aliphatic rings. The number of hydrogen-bond donors (Lipinski definition) is 3. The number of aliphatic hydroxyl groups is 1. The number of fused-ring (bicyclic) bond motifs is 1. The van der Waals surface area contributed by atoms with Gasteiger partial charge in [-0.25, -0.2) is 0 Å². The van der Waals surface area contributed by atoms with Gasteiger partial charge in [0.15, 0.2) is 0 Å². The standard InChI is InChI=1S/C25H25N3O4/c29-21-11-23(32-22-8-4-7-17(21)22)16-9-10-26-14-20(16)28-25(31)19-13-27-12-18(24(19)30)15-5-2-1-3-6-15/h1-3,5-6,9-10,12-14,17,21-23,29H,4,7-8,11H2,(H,27,30)(H,28,31)/t17-,21-,22-,23-/m1/s1. The first-order valence-electron chi connectivity index (χ1n) is 11.0. The lowest BCUT2D eigenvalue weighted by molar-refractivity contribution is -0.125. The van der Waals surface area contributed by atoms with Gasteiger partial charge in [-0.3, -0.25) is 14.6 Å². The van der Waals surface area contributed by atoms with Crippen LogP contribution in [0.1, 0.15) is 47.7 Å². The number of H-pyrrole nitrogens is 1. The molecule has 1 amide bonds. The molecule has 7 heteroatoms. The molecule has 1 aliphatic carbocycles. The van der Waals surface area contributed by atoms with Crippen molar-refractivity contribution in [2.45, 2.75) is 44.0 Å². The van der Waals surface area contributed by atoms with Crippen LogP contribution in [0.5, 0.6) is 0 Å². The fraction of sp³-hybridized carbons (Fsp3) is 0.320. The molecule has 5 rings (SSSR count). The molecule has 164 valence electrons. The average molecular weight is 431 g/mol. The molecule has 32 heavy (non-hydrogen) atoms. The van der Waals surface area contributed by atoms with Crippen LogP contribution in [0.3, 0.4) is 0 Å². The maximum atomic E-state index is 13.1. The minimum absolute atomic E-state index is 0.0154. The summed E-state index contributed by atoms with van der Waals surface area (Å²) < 4.78 is 6.29. The number of nitrogens with zero attached hydrogens (tertiary/aromatic N) is 1. The van der Waals surface area contributed by atoms with E-state index in [1.807, 2.05) is 30.3 Å². The van der Waals surface area contributed by atoms with Crippen LogP contribution in [0.15, 0.2) is 66.0 Å². The molecule has 2 fully saturated rings. The van der Waals surface area contributed by atoms with Crippen molar-refractivity contribution in [2.75, 3.05) is 5.32 Å². The third-order valence-corrected chi connectivity index (χ3v) is 6.52. The average Bonchev–Trinajstić information content (AvgIpc) is 3.29. The number of aliphatic hydroxyl groups excluding tert-OH is 1. The normalized spacial score (nSPS) is 24.7. The van der Waals surface area contributed by atoms with Crippen LogP contribution >= 0.6 is 0 Å². The molecule has 0 unspecified atom stereocenters.